The van der Waals surface area contributed by atoms with Gasteiger partial charge in [0.15, 0.2) is 5.60 Å². The van der Waals surface area contributed by atoms with E-state index in [2.05, 4.69) is 6.07 Å². The maximum Gasteiger partial charge on any atom is 0.343 e. The normalized spacial score (nSPS) is 23.7. The van der Waals surface area contributed by atoms with E-state index in [1.807, 2.05) is 12.1 Å². The van der Waals surface area contributed by atoms with Crippen LogP contribution < -0.4 is 11.3 Å². The van der Waals surface area contributed by atoms with Crippen molar-refractivity contribution in [1.82, 2.24) is 9.55 Å². The number of fused-ring (bicyclic) bond motifs is 5. The Balaban J connectivity index is 1.69. The predicted octanol–water partition coefficient (Wildman–Crippen LogP) is 2.03. The lowest BCUT2D eigenvalue weighted by Gasteiger charge is -2.31. The lowest BCUT2D eigenvalue weighted by Crippen LogP contribution is -2.44. The molecule has 1 aromatic carbocycles. The molecule has 6 rings (SSSR count). The number of carbonyl (C=O) groups is 1. The largest absolute Gasteiger partial charge is 0.458 e. The minimum Gasteiger partial charge on any atom is -0.458 e. The van der Waals surface area contributed by atoms with E-state index in [1.165, 1.54) is 5.56 Å². The van der Waals surface area contributed by atoms with Gasteiger partial charge in [-0.1, -0.05) is 19.1 Å². The number of ether oxygens (including phenoxy) is 1. The van der Waals surface area contributed by atoms with Crippen LogP contribution in [0.15, 0.2) is 29.1 Å². The maximum absolute atomic E-state index is 13.3. The van der Waals surface area contributed by atoms with Gasteiger partial charge in [0.2, 0.25) is 0 Å². The summed E-state index contributed by atoms with van der Waals surface area (Å²) in [5.74, 6) is -0.715. The number of esters is 1. The van der Waals surface area contributed by atoms with Crippen LogP contribution in [0.1, 0.15) is 53.6 Å². The molecule has 0 radical (unpaired) electrons. The third-order valence-corrected chi connectivity index (χ3v) is 6.94. The Morgan fingerprint density at radius 3 is 2.97 bits per heavy atom. The number of nitrogens with zero attached hydrogens (tertiary/aromatic N) is 2. The monoisotopic (exact) mass is 403 g/mol. The van der Waals surface area contributed by atoms with Crippen LogP contribution in [0.3, 0.4) is 0 Å². The van der Waals surface area contributed by atoms with Crippen molar-refractivity contribution in [3.8, 4) is 11.4 Å². The number of carbonyl (C=O) groups excluding carboxylic acids is 1. The third kappa shape index (κ3) is 2.03. The maximum atomic E-state index is 13.3. The number of aromatic nitrogens is 2. The van der Waals surface area contributed by atoms with Crippen LogP contribution >= 0.6 is 0 Å². The van der Waals surface area contributed by atoms with Gasteiger partial charge in [0.25, 0.3) is 5.56 Å². The molecule has 0 amide bonds. The molecule has 7 heteroatoms. The standard InChI is InChI=1S/C23H21N3O4/c1-2-23(29)14-8-17-20-12(9-26(17)21(27)13(14)10-30-22(23)28)19-15(24)7-6-11-4-3-5-16(25-20)18(11)19/h3-5,8,15,29H,2,6-7,9-10,24H2,1H3/t15-,23+/m1/s1. The van der Waals surface area contributed by atoms with Crippen LogP contribution in [0.5, 0.6) is 0 Å². The molecule has 0 bridgehead atoms. The van der Waals surface area contributed by atoms with Gasteiger partial charge in [-0.15, -0.1) is 0 Å². The van der Waals surface area contributed by atoms with Crippen molar-refractivity contribution in [2.24, 2.45) is 5.73 Å². The summed E-state index contributed by atoms with van der Waals surface area (Å²) >= 11 is 0. The van der Waals surface area contributed by atoms with Gasteiger partial charge < -0.3 is 20.1 Å². The Kier molecular flexibility index (Phi) is 3.42. The third-order valence-electron chi connectivity index (χ3n) is 6.94. The lowest BCUT2D eigenvalue weighted by atomic mass is 9.84. The summed E-state index contributed by atoms with van der Waals surface area (Å²) in [6, 6.07) is 7.72. The number of pyridine rings is 2. The van der Waals surface area contributed by atoms with Crippen molar-refractivity contribution in [2.45, 2.75) is 51.0 Å². The molecule has 7 nitrogen and oxygen atoms in total. The van der Waals surface area contributed by atoms with Crippen molar-refractivity contribution < 1.29 is 14.6 Å². The number of aliphatic hydroxyl groups is 1. The second kappa shape index (κ2) is 5.77. The highest BCUT2D eigenvalue weighted by Crippen LogP contribution is 2.44. The Morgan fingerprint density at radius 2 is 2.17 bits per heavy atom. The second-order valence-electron chi connectivity index (χ2n) is 8.41. The van der Waals surface area contributed by atoms with Crippen LogP contribution in [0.4, 0.5) is 0 Å². The molecule has 3 N–H and O–H groups in total. The van der Waals surface area contributed by atoms with Crippen molar-refractivity contribution in [2.75, 3.05) is 0 Å². The molecule has 0 spiro atoms. The first-order valence-electron chi connectivity index (χ1n) is 10.3. The van der Waals surface area contributed by atoms with Crippen molar-refractivity contribution in [1.29, 1.82) is 0 Å². The van der Waals surface area contributed by atoms with Crippen LogP contribution in [0, 0.1) is 0 Å². The Labute approximate surface area is 172 Å². The zero-order valence-corrected chi connectivity index (χ0v) is 16.6. The van der Waals surface area contributed by atoms with E-state index in [0.29, 0.717) is 29.1 Å². The van der Waals surface area contributed by atoms with E-state index < -0.39 is 11.6 Å². The van der Waals surface area contributed by atoms with Crippen LogP contribution in [0.25, 0.3) is 22.3 Å². The van der Waals surface area contributed by atoms with Gasteiger partial charge >= 0.3 is 5.97 Å². The summed E-state index contributed by atoms with van der Waals surface area (Å²) in [7, 11) is 0. The molecule has 2 aliphatic heterocycles. The molecule has 152 valence electrons. The fourth-order valence-corrected chi connectivity index (χ4v) is 5.31. The summed E-state index contributed by atoms with van der Waals surface area (Å²) in [6.07, 6.45) is 1.89. The first kappa shape index (κ1) is 17.8. The van der Waals surface area contributed by atoms with E-state index in [4.69, 9.17) is 15.5 Å². The predicted molar refractivity (Wildman–Crippen MR) is 110 cm³/mol. The van der Waals surface area contributed by atoms with Gasteiger partial charge in [0, 0.05) is 22.6 Å². The Bertz CT molecular complexity index is 1340. The summed E-state index contributed by atoms with van der Waals surface area (Å²) in [5, 5.41) is 12.1. The number of hydrogen-bond donors (Lipinski definition) is 2. The highest BCUT2D eigenvalue weighted by molar-refractivity contribution is 5.92. The minimum absolute atomic E-state index is 0.115. The average molecular weight is 403 g/mol. The molecule has 2 atom stereocenters. The second-order valence-corrected chi connectivity index (χ2v) is 8.41. The summed E-state index contributed by atoms with van der Waals surface area (Å²) < 4.78 is 6.81. The molecule has 3 aliphatic rings. The highest BCUT2D eigenvalue weighted by atomic mass is 16.6. The summed E-state index contributed by atoms with van der Waals surface area (Å²) in [6.45, 7) is 1.96. The van der Waals surface area contributed by atoms with E-state index in [1.54, 1.807) is 17.6 Å². The van der Waals surface area contributed by atoms with Crippen molar-refractivity contribution >= 4 is 16.9 Å². The van der Waals surface area contributed by atoms with Crippen LogP contribution in [-0.2, 0) is 34.7 Å². The van der Waals surface area contributed by atoms with Gasteiger partial charge in [0.1, 0.15) is 6.61 Å². The molecule has 0 saturated carbocycles. The molecule has 4 heterocycles. The molecule has 30 heavy (non-hydrogen) atoms. The number of cyclic esters (lactones) is 1. The molecule has 3 aromatic rings. The number of nitrogens with two attached hydrogens (primary N) is 1. The Morgan fingerprint density at radius 1 is 1.33 bits per heavy atom. The number of rotatable bonds is 1. The quantitative estimate of drug-likeness (QED) is 0.471. The number of benzene rings is 1. The van der Waals surface area contributed by atoms with Gasteiger partial charge in [0.05, 0.1) is 29.0 Å². The smallest absolute Gasteiger partial charge is 0.343 e. The fraction of sp³-hybridized carbons (Fsp3) is 0.348. The van der Waals surface area contributed by atoms with E-state index >= 15 is 0 Å². The van der Waals surface area contributed by atoms with Gasteiger partial charge in [-0.25, -0.2) is 9.78 Å². The zero-order valence-electron chi connectivity index (χ0n) is 16.6. The van der Waals surface area contributed by atoms with Crippen LogP contribution in [0.2, 0.25) is 0 Å². The lowest BCUT2D eigenvalue weighted by molar-refractivity contribution is -0.172. The zero-order chi connectivity index (χ0) is 20.8. The van der Waals surface area contributed by atoms with Gasteiger partial charge in [-0.05, 0) is 42.5 Å². The molecule has 1 aliphatic carbocycles. The number of hydrogen-bond acceptors (Lipinski definition) is 6. The number of aryl methyl sites for hydroxylation is 1. The summed E-state index contributed by atoms with van der Waals surface area (Å²) in [4.78, 5) is 30.6. The van der Waals surface area contributed by atoms with Gasteiger partial charge in [-0.2, -0.15) is 0 Å². The highest BCUT2D eigenvalue weighted by Gasteiger charge is 2.45. The van der Waals surface area contributed by atoms with Gasteiger partial charge in [-0.3, -0.25) is 4.79 Å². The molecular formula is C23H21N3O4. The van der Waals surface area contributed by atoms with Crippen LogP contribution in [-0.4, -0.2) is 20.6 Å². The molecular weight excluding hydrogens is 382 g/mol. The SMILES string of the molecule is CC[C@@]1(O)C(=O)OCc2c1cc1n(c2=O)Cc2c-1nc1cccc3c1c2[C@H](N)CC3. The molecule has 0 saturated heterocycles. The van der Waals surface area contributed by atoms with E-state index in [9.17, 15) is 14.7 Å². The molecule has 2 aromatic heterocycles. The fourth-order valence-electron chi connectivity index (χ4n) is 5.31. The minimum atomic E-state index is -1.82. The van der Waals surface area contributed by atoms with E-state index in [-0.39, 0.29) is 24.6 Å². The summed E-state index contributed by atoms with van der Waals surface area (Å²) in [5.41, 5.74) is 10.6. The first-order chi connectivity index (χ1) is 14.4. The average Bonchev–Trinajstić information content (AvgIpc) is 3.12. The topological polar surface area (TPSA) is 107 Å². The van der Waals surface area contributed by atoms with Crippen molar-refractivity contribution in [3.63, 3.8) is 0 Å². The Hall–Kier alpha value is -3.03. The van der Waals surface area contributed by atoms with E-state index in [0.717, 1.165) is 34.9 Å². The first-order valence-corrected chi connectivity index (χ1v) is 10.3. The molecule has 0 fully saturated rings. The van der Waals surface area contributed by atoms with Crippen molar-refractivity contribution in [3.05, 3.63) is 62.4 Å². The molecule has 0 unspecified atom stereocenters.